The van der Waals surface area contributed by atoms with Gasteiger partial charge < -0.3 is 4.57 Å². The molecule has 0 spiro atoms. The number of hydrogen-bond acceptors (Lipinski definition) is 2. The summed E-state index contributed by atoms with van der Waals surface area (Å²) in [6.45, 7) is 2.14. The number of nitrogens with zero attached hydrogens (tertiary/aromatic N) is 2. The van der Waals surface area contributed by atoms with Crippen molar-refractivity contribution in [1.82, 2.24) is 9.55 Å². The molecule has 2 nitrogen and oxygen atoms in total. The van der Waals surface area contributed by atoms with Crippen LogP contribution in [0.4, 0.5) is 4.39 Å². The third-order valence-electron chi connectivity index (χ3n) is 3.61. The summed E-state index contributed by atoms with van der Waals surface area (Å²) in [6.07, 6.45) is 1.55. The molecule has 0 bridgehead atoms. The predicted octanol–water partition coefficient (Wildman–Crippen LogP) is 4.82. The van der Waals surface area contributed by atoms with Crippen LogP contribution >= 0.6 is 22.9 Å². The summed E-state index contributed by atoms with van der Waals surface area (Å²) in [5.41, 5.74) is 2.58. The fourth-order valence-electron chi connectivity index (χ4n) is 2.72. The number of aromatic nitrogens is 2. The van der Waals surface area contributed by atoms with Gasteiger partial charge in [-0.2, -0.15) is 11.3 Å². The molecule has 2 aromatic heterocycles. The van der Waals surface area contributed by atoms with E-state index in [2.05, 4.69) is 33.3 Å². The van der Waals surface area contributed by atoms with Gasteiger partial charge in [-0.25, -0.2) is 9.37 Å². The van der Waals surface area contributed by atoms with E-state index in [9.17, 15) is 4.39 Å². The van der Waals surface area contributed by atoms with E-state index in [0.29, 0.717) is 17.8 Å². The quantitative estimate of drug-likeness (QED) is 0.616. The fraction of sp³-hybridized carbons (Fsp3) is 0.312. The van der Waals surface area contributed by atoms with Crippen molar-refractivity contribution in [3.63, 3.8) is 0 Å². The first-order valence-corrected chi connectivity index (χ1v) is 8.41. The standard InChI is InChI=1S/C16H16ClFN2S/c1-11(9-12-6-8-21-10-12)20-14-4-2-3-13(18)16(14)19-15(20)5-7-17/h2-4,6,8,10-11H,5,7,9H2,1H3. The molecule has 0 saturated carbocycles. The molecule has 0 amide bonds. The molecule has 110 valence electrons. The van der Waals surface area contributed by atoms with Crippen molar-refractivity contribution < 1.29 is 4.39 Å². The van der Waals surface area contributed by atoms with Crippen LogP contribution in [0.2, 0.25) is 0 Å². The second-order valence-electron chi connectivity index (χ2n) is 5.13. The lowest BCUT2D eigenvalue weighted by atomic mass is 10.1. The molecule has 3 rings (SSSR count). The molecule has 0 aliphatic carbocycles. The third-order valence-corrected chi connectivity index (χ3v) is 4.54. The topological polar surface area (TPSA) is 17.8 Å². The van der Waals surface area contributed by atoms with Crippen LogP contribution in [0.15, 0.2) is 35.0 Å². The lowest BCUT2D eigenvalue weighted by Gasteiger charge is -2.17. The van der Waals surface area contributed by atoms with Crippen LogP contribution in [0.5, 0.6) is 0 Å². The Hall–Kier alpha value is -1.39. The number of thiophene rings is 1. The molecule has 5 heteroatoms. The van der Waals surface area contributed by atoms with Crippen molar-refractivity contribution in [3.8, 4) is 0 Å². The molecule has 1 atom stereocenters. The average molecular weight is 323 g/mol. The zero-order valence-electron chi connectivity index (χ0n) is 11.7. The van der Waals surface area contributed by atoms with Gasteiger partial charge in [-0.15, -0.1) is 11.6 Å². The first-order valence-electron chi connectivity index (χ1n) is 6.93. The molecule has 2 heterocycles. The van der Waals surface area contributed by atoms with Gasteiger partial charge in [0.25, 0.3) is 0 Å². The SMILES string of the molecule is CC(Cc1ccsc1)n1c(CCCl)nc2c(F)cccc21. The Morgan fingerprint density at radius 2 is 2.24 bits per heavy atom. The Morgan fingerprint density at radius 1 is 1.38 bits per heavy atom. The Kier molecular flexibility index (Phi) is 4.27. The fourth-order valence-corrected chi connectivity index (χ4v) is 3.58. The van der Waals surface area contributed by atoms with Crippen LogP contribution in [-0.4, -0.2) is 15.4 Å². The lowest BCUT2D eigenvalue weighted by molar-refractivity contribution is 0.538. The third kappa shape index (κ3) is 2.83. The molecule has 0 saturated heterocycles. The Bertz CT molecular complexity index is 736. The van der Waals surface area contributed by atoms with E-state index >= 15 is 0 Å². The van der Waals surface area contributed by atoms with Crippen molar-refractivity contribution in [1.29, 1.82) is 0 Å². The second kappa shape index (κ2) is 6.16. The number of rotatable bonds is 5. The molecular weight excluding hydrogens is 307 g/mol. The number of fused-ring (bicyclic) bond motifs is 1. The summed E-state index contributed by atoms with van der Waals surface area (Å²) in [6, 6.07) is 7.45. The van der Waals surface area contributed by atoms with E-state index in [1.54, 1.807) is 17.4 Å². The summed E-state index contributed by atoms with van der Waals surface area (Å²) in [5, 5.41) is 4.23. The van der Waals surface area contributed by atoms with Crippen molar-refractivity contribution in [3.05, 3.63) is 52.2 Å². The van der Waals surface area contributed by atoms with Gasteiger partial charge in [-0.3, -0.25) is 0 Å². The van der Waals surface area contributed by atoms with Gasteiger partial charge in [0.05, 0.1) is 5.52 Å². The number of aryl methyl sites for hydroxylation is 1. The van der Waals surface area contributed by atoms with E-state index in [-0.39, 0.29) is 11.9 Å². The summed E-state index contributed by atoms with van der Waals surface area (Å²) < 4.78 is 16.1. The minimum Gasteiger partial charge on any atom is -0.325 e. The van der Waals surface area contributed by atoms with Crippen LogP contribution in [-0.2, 0) is 12.8 Å². The average Bonchev–Trinajstić information content (AvgIpc) is 3.07. The minimum absolute atomic E-state index is 0.213. The Labute approximate surface area is 132 Å². The lowest BCUT2D eigenvalue weighted by Crippen LogP contribution is -2.12. The normalized spacial score (nSPS) is 12.9. The van der Waals surface area contributed by atoms with Crippen LogP contribution in [0.25, 0.3) is 11.0 Å². The molecule has 1 aromatic carbocycles. The number of para-hydroxylation sites is 1. The first kappa shape index (κ1) is 14.5. The molecule has 21 heavy (non-hydrogen) atoms. The maximum atomic E-state index is 14.0. The van der Waals surface area contributed by atoms with Gasteiger partial charge in [0.15, 0.2) is 5.82 Å². The molecule has 0 fully saturated rings. The number of halogens is 2. The number of benzene rings is 1. The summed E-state index contributed by atoms with van der Waals surface area (Å²) in [7, 11) is 0. The number of alkyl halides is 1. The first-order chi connectivity index (χ1) is 10.2. The van der Waals surface area contributed by atoms with Crippen molar-refractivity contribution in [2.45, 2.75) is 25.8 Å². The highest BCUT2D eigenvalue weighted by molar-refractivity contribution is 7.07. The van der Waals surface area contributed by atoms with Crippen LogP contribution in [0, 0.1) is 5.82 Å². The van der Waals surface area contributed by atoms with Crippen LogP contribution < -0.4 is 0 Å². The van der Waals surface area contributed by atoms with Gasteiger partial charge in [0.1, 0.15) is 11.3 Å². The molecule has 0 aliphatic rings. The van der Waals surface area contributed by atoms with Gasteiger partial charge >= 0.3 is 0 Å². The maximum Gasteiger partial charge on any atom is 0.151 e. The van der Waals surface area contributed by atoms with Gasteiger partial charge in [0, 0.05) is 18.3 Å². The molecule has 1 unspecified atom stereocenters. The molecule has 3 aromatic rings. The van der Waals surface area contributed by atoms with Crippen LogP contribution in [0.3, 0.4) is 0 Å². The summed E-state index contributed by atoms with van der Waals surface area (Å²) >= 11 is 7.57. The van der Waals surface area contributed by atoms with Crippen LogP contribution in [0.1, 0.15) is 24.4 Å². The molecular formula is C16H16ClFN2S. The summed E-state index contributed by atoms with van der Waals surface area (Å²) in [5.74, 6) is 1.06. The highest BCUT2D eigenvalue weighted by atomic mass is 35.5. The zero-order chi connectivity index (χ0) is 14.8. The van der Waals surface area contributed by atoms with E-state index in [1.807, 2.05) is 6.07 Å². The number of hydrogen-bond donors (Lipinski definition) is 0. The van der Waals surface area contributed by atoms with Gasteiger partial charge in [-0.1, -0.05) is 6.07 Å². The van der Waals surface area contributed by atoms with Crippen molar-refractivity contribution in [2.75, 3.05) is 5.88 Å². The van der Waals surface area contributed by atoms with Crippen molar-refractivity contribution >= 4 is 34.0 Å². The largest absolute Gasteiger partial charge is 0.325 e. The highest BCUT2D eigenvalue weighted by Crippen LogP contribution is 2.26. The molecule has 0 N–H and O–H groups in total. The van der Waals surface area contributed by atoms with E-state index in [0.717, 1.165) is 17.8 Å². The van der Waals surface area contributed by atoms with Gasteiger partial charge in [-0.05, 0) is 47.9 Å². The smallest absolute Gasteiger partial charge is 0.151 e. The van der Waals surface area contributed by atoms with E-state index in [4.69, 9.17) is 11.6 Å². The predicted molar refractivity (Wildman–Crippen MR) is 86.8 cm³/mol. The maximum absolute atomic E-state index is 14.0. The van der Waals surface area contributed by atoms with Crippen molar-refractivity contribution in [2.24, 2.45) is 0 Å². The minimum atomic E-state index is -0.273. The Morgan fingerprint density at radius 3 is 2.95 bits per heavy atom. The molecule has 0 radical (unpaired) electrons. The Balaban J connectivity index is 2.06. The summed E-state index contributed by atoms with van der Waals surface area (Å²) in [4.78, 5) is 4.46. The second-order valence-corrected chi connectivity index (χ2v) is 6.29. The van der Waals surface area contributed by atoms with Gasteiger partial charge in [0.2, 0.25) is 0 Å². The van der Waals surface area contributed by atoms with E-state index < -0.39 is 0 Å². The highest BCUT2D eigenvalue weighted by Gasteiger charge is 2.18. The molecule has 0 aliphatic heterocycles. The van der Waals surface area contributed by atoms with E-state index in [1.165, 1.54) is 11.6 Å². The zero-order valence-corrected chi connectivity index (χ0v) is 13.3. The monoisotopic (exact) mass is 322 g/mol. The number of imidazole rings is 1.